The first-order valence-corrected chi connectivity index (χ1v) is 7.65. The molecule has 2 aromatic carbocycles. The number of nitrogens with two attached hydrogens (primary N) is 1. The van der Waals surface area contributed by atoms with Gasteiger partial charge in [0.05, 0.1) is 22.8 Å². The fraction of sp³-hybridized carbons (Fsp3) is 0.133. The van der Waals surface area contributed by atoms with Crippen molar-refractivity contribution in [1.29, 1.82) is 0 Å². The van der Waals surface area contributed by atoms with Crippen molar-refractivity contribution in [2.24, 2.45) is 0 Å². The van der Waals surface area contributed by atoms with E-state index in [2.05, 4.69) is 4.98 Å². The maximum Gasteiger partial charge on any atom is 0.208 e. The summed E-state index contributed by atoms with van der Waals surface area (Å²) in [6.07, 6.45) is 0. The molecule has 3 rings (SSSR count). The number of fused-ring (bicyclic) bond motifs is 1. The third-order valence-electron chi connectivity index (χ3n) is 3.03. The smallest absolute Gasteiger partial charge is 0.208 e. The summed E-state index contributed by atoms with van der Waals surface area (Å²) in [6.45, 7) is 0. The monoisotopic (exact) mass is 302 g/mol. The van der Waals surface area contributed by atoms with Crippen molar-refractivity contribution in [3.8, 4) is 5.75 Å². The van der Waals surface area contributed by atoms with Gasteiger partial charge in [0.15, 0.2) is 5.58 Å². The van der Waals surface area contributed by atoms with Crippen LogP contribution in [0.4, 0.5) is 5.69 Å². The van der Waals surface area contributed by atoms with Crippen LogP contribution in [0.2, 0.25) is 0 Å². The summed E-state index contributed by atoms with van der Waals surface area (Å²) in [7, 11) is 0.263. The lowest BCUT2D eigenvalue weighted by Gasteiger charge is -2.06. The third kappa shape index (κ3) is 2.75. The van der Waals surface area contributed by atoms with Gasteiger partial charge in [-0.25, -0.2) is 4.98 Å². The highest BCUT2D eigenvalue weighted by atomic mass is 32.2. The van der Waals surface area contributed by atoms with Gasteiger partial charge in [0.1, 0.15) is 17.0 Å². The van der Waals surface area contributed by atoms with E-state index in [1.165, 1.54) is 0 Å². The van der Waals surface area contributed by atoms with E-state index in [1.807, 2.05) is 12.1 Å². The number of benzene rings is 2. The summed E-state index contributed by atoms with van der Waals surface area (Å²) in [5.41, 5.74) is 7.61. The van der Waals surface area contributed by atoms with Gasteiger partial charge in [-0.15, -0.1) is 0 Å². The standard InChI is InChI=1S/C15H14N2O3S/c1-19-12-4-2-3-5-14(12)21(18)9-15-17-11-7-6-10(16)8-13(11)20-15/h2-8H,9,16H2,1H3. The Morgan fingerprint density at radius 2 is 2.10 bits per heavy atom. The predicted molar refractivity (Wildman–Crippen MR) is 81.5 cm³/mol. The second-order valence-corrected chi connectivity index (χ2v) is 5.90. The number of hydrogen-bond donors (Lipinski definition) is 1. The molecule has 0 spiro atoms. The van der Waals surface area contributed by atoms with Crippen LogP contribution in [0.15, 0.2) is 51.8 Å². The van der Waals surface area contributed by atoms with Gasteiger partial charge >= 0.3 is 0 Å². The van der Waals surface area contributed by atoms with E-state index in [9.17, 15) is 4.21 Å². The van der Waals surface area contributed by atoms with Crippen molar-refractivity contribution < 1.29 is 13.4 Å². The minimum atomic E-state index is -1.29. The van der Waals surface area contributed by atoms with E-state index in [0.717, 1.165) is 0 Å². The van der Waals surface area contributed by atoms with Crippen LogP contribution in [0.3, 0.4) is 0 Å². The van der Waals surface area contributed by atoms with Crippen molar-refractivity contribution in [2.45, 2.75) is 10.6 Å². The van der Waals surface area contributed by atoms with E-state index >= 15 is 0 Å². The van der Waals surface area contributed by atoms with Crippen LogP contribution in [0, 0.1) is 0 Å². The highest BCUT2D eigenvalue weighted by Crippen LogP contribution is 2.25. The average Bonchev–Trinajstić information content (AvgIpc) is 2.88. The number of methoxy groups -OCH3 is 1. The van der Waals surface area contributed by atoms with Gasteiger partial charge in [0.25, 0.3) is 0 Å². The zero-order chi connectivity index (χ0) is 14.8. The van der Waals surface area contributed by atoms with Crippen LogP contribution < -0.4 is 10.5 Å². The fourth-order valence-electron chi connectivity index (χ4n) is 2.05. The number of oxazole rings is 1. The quantitative estimate of drug-likeness (QED) is 0.750. The summed E-state index contributed by atoms with van der Waals surface area (Å²) in [5, 5.41) is 0. The van der Waals surface area contributed by atoms with Crippen LogP contribution in [-0.2, 0) is 16.6 Å². The minimum absolute atomic E-state index is 0.189. The number of nitrogen functional groups attached to an aromatic ring is 1. The normalized spacial score (nSPS) is 12.4. The molecular formula is C15H14N2O3S. The Kier molecular flexibility index (Phi) is 3.62. The van der Waals surface area contributed by atoms with Gasteiger partial charge in [-0.1, -0.05) is 12.1 Å². The first-order chi connectivity index (χ1) is 10.2. The highest BCUT2D eigenvalue weighted by Gasteiger charge is 2.14. The number of para-hydroxylation sites is 1. The molecule has 108 valence electrons. The van der Waals surface area contributed by atoms with E-state index in [-0.39, 0.29) is 5.75 Å². The molecule has 2 N–H and O–H groups in total. The Bertz CT molecular complexity index is 814. The lowest BCUT2D eigenvalue weighted by Crippen LogP contribution is -1.99. The van der Waals surface area contributed by atoms with Crippen molar-refractivity contribution in [3.05, 3.63) is 48.4 Å². The molecule has 3 aromatic rings. The molecule has 0 bridgehead atoms. The first kappa shape index (κ1) is 13.6. The molecular weight excluding hydrogens is 288 g/mol. The molecule has 0 aliphatic heterocycles. The Hall–Kier alpha value is -2.34. The molecule has 0 saturated heterocycles. The second-order valence-electron chi connectivity index (χ2n) is 4.48. The van der Waals surface area contributed by atoms with Gasteiger partial charge in [-0.05, 0) is 24.3 Å². The number of ether oxygens (including phenoxy) is 1. The predicted octanol–water partition coefficient (Wildman–Crippen LogP) is 2.73. The van der Waals surface area contributed by atoms with Gasteiger partial charge in [0.2, 0.25) is 5.89 Å². The maximum atomic E-state index is 12.4. The Labute approximate surface area is 124 Å². The van der Waals surface area contributed by atoms with E-state index in [0.29, 0.717) is 33.3 Å². The maximum absolute atomic E-state index is 12.4. The summed E-state index contributed by atoms with van der Waals surface area (Å²) < 4.78 is 23.3. The molecule has 0 fully saturated rings. The fourth-order valence-corrected chi connectivity index (χ4v) is 3.16. The zero-order valence-electron chi connectivity index (χ0n) is 11.4. The van der Waals surface area contributed by atoms with Crippen LogP contribution in [-0.4, -0.2) is 16.3 Å². The minimum Gasteiger partial charge on any atom is -0.495 e. The summed E-state index contributed by atoms with van der Waals surface area (Å²) >= 11 is 0. The SMILES string of the molecule is COc1ccccc1S(=O)Cc1nc2ccc(N)cc2o1. The van der Waals surface area contributed by atoms with Crippen LogP contribution >= 0.6 is 0 Å². The lowest BCUT2D eigenvalue weighted by atomic mass is 10.3. The van der Waals surface area contributed by atoms with Gasteiger partial charge in [-0.2, -0.15) is 0 Å². The molecule has 1 atom stereocenters. The third-order valence-corrected chi connectivity index (χ3v) is 4.36. The lowest BCUT2D eigenvalue weighted by molar-refractivity contribution is 0.404. The van der Waals surface area contributed by atoms with Crippen molar-refractivity contribution in [1.82, 2.24) is 4.98 Å². The van der Waals surface area contributed by atoms with Crippen molar-refractivity contribution >= 4 is 27.6 Å². The van der Waals surface area contributed by atoms with Crippen molar-refractivity contribution in [2.75, 3.05) is 12.8 Å². The Morgan fingerprint density at radius 1 is 1.29 bits per heavy atom. The highest BCUT2D eigenvalue weighted by molar-refractivity contribution is 7.84. The number of anilines is 1. The molecule has 0 saturated carbocycles. The molecule has 0 amide bonds. The summed E-state index contributed by atoms with van der Waals surface area (Å²) in [6, 6.07) is 12.5. The van der Waals surface area contributed by atoms with E-state index in [1.54, 1.807) is 37.4 Å². The van der Waals surface area contributed by atoms with Crippen LogP contribution in [0.5, 0.6) is 5.75 Å². The number of nitrogens with zero attached hydrogens (tertiary/aromatic N) is 1. The largest absolute Gasteiger partial charge is 0.495 e. The molecule has 1 aromatic heterocycles. The average molecular weight is 302 g/mol. The van der Waals surface area contributed by atoms with E-state index < -0.39 is 10.8 Å². The summed E-state index contributed by atoms with van der Waals surface area (Å²) in [4.78, 5) is 4.95. The van der Waals surface area contributed by atoms with Gasteiger partial charge in [0, 0.05) is 11.8 Å². The number of aromatic nitrogens is 1. The first-order valence-electron chi connectivity index (χ1n) is 6.33. The summed E-state index contributed by atoms with van der Waals surface area (Å²) in [5.74, 6) is 1.20. The van der Waals surface area contributed by atoms with Crippen LogP contribution in [0.1, 0.15) is 5.89 Å². The Morgan fingerprint density at radius 3 is 2.90 bits per heavy atom. The van der Waals surface area contributed by atoms with Gasteiger partial charge < -0.3 is 14.9 Å². The molecule has 5 nitrogen and oxygen atoms in total. The van der Waals surface area contributed by atoms with E-state index in [4.69, 9.17) is 14.9 Å². The molecule has 0 radical (unpaired) electrons. The molecule has 0 aliphatic carbocycles. The number of rotatable bonds is 4. The molecule has 1 unspecified atom stereocenters. The number of hydrogen-bond acceptors (Lipinski definition) is 5. The van der Waals surface area contributed by atoms with Crippen molar-refractivity contribution in [3.63, 3.8) is 0 Å². The topological polar surface area (TPSA) is 78.3 Å². The van der Waals surface area contributed by atoms with Crippen LogP contribution in [0.25, 0.3) is 11.1 Å². The molecule has 0 aliphatic rings. The second kappa shape index (κ2) is 5.57. The molecule has 1 heterocycles. The Balaban J connectivity index is 1.89. The van der Waals surface area contributed by atoms with Gasteiger partial charge in [-0.3, -0.25) is 4.21 Å². The molecule has 21 heavy (non-hydrogen) atoms. The molecule has 6 heteroatoms. The zero-order valence-corrected chi connectivity index (χ0v) is 12.2.